The van der Waals surface area contributed by atoms with Crippen LogP contribution in [0.2, 0.25) is 0 Å². The van der Waals surface area contributed by atoms with Crippen LogP contribution in [0.4, 0.5) is 10.5 Å². The number of nitrogens with zero attached hydrogens (tertiary/aromatic N) is 1. The number of fused-ring (bicyclic) bond motifs is 2. The average Bonchev–Trinajstić information content (AvgIpc) is 3.05. The molecule has 0 saturated carbocycles. The number of ketones is 2. The molecular formula is C27H29N3O5. The van der Waals surface area contributed by atoms with E-state index in [1.165, 1.54) is 18.2 Å². The van der Waals surface area contributed by atoms with E-state index in [2.05, 4.69) is 17.6 Å². The van der Waals surface area contributed by atoms with Crippen LogP contribution >= 0.6 is 0 Å². The molecule has 1 heterocycles. The van der Waals surface area contributed by atoms with Gasteiger partial charge in [-0.25, -0.2) is 4.79 Å². The molecule has 0 radical (unpaired) electrons. The molecule has 2 aromatic carbocycles. The Labute approximate surface area is 204 Å². The van der Waals surface area contributed by atoms with Crippen molar-refractivity contribution in [1.82, 2.24) is 10.2 Å². The van der Waals surface area contributed by atoms with E-state index in [1.807, 2.05) is 0 Å². The van der Waals surface area contributed by atoms with Crippen molar-refractivity contribution in [2.24, 2.45) is 0 Å². The second-order valence-electron chi connectivity index (χ2n) is 9.33. The number of hydrogen-bond donors (Lipinski definition) is 2. The lowest BCUT2D eigenvalue weighted by atomic mass is 9.84. The van der Waals surface area contributed by atoms with Gasteiger partial charge in [0.1, 0.15) is 12.1 Å². The Bertz CT molecular complexity index is 1220. The summed E-state index contributed by atoms with van der Waals surface area (Å²) in [5.41, 5.74) is 0.443. The first-order valence-electron chi connectivity index (χ1n) is 12.0. The summed E-state index contributed by atoms with van der Waals surface area (Å²) in [4.78, 5) is 64.6. The Balaban J connectivity index is 1.41. The fourth-order valence-electron chi connectivity index (χ4n) is 4.66. The smallest absolute Gasteiger partial charge is 0.325 e. The second-order valence-corrected chi connectivity index (χ2v) is 9.33. The molecule has 35 heavy (non-hydrogen) atoms. The third-order valence-corrected chi connectivity index (χ3v) is 6.64. The van der Waals surface area contributed by atoms with Gasteiger partial charge in [-0.2, -0.15) is 0 Å². The molecule has 2 aliphatic rings. The minimum absolute atomic E-state index is 0.206. The fraction of sp³-hybridized carbons (Fsp3) is 0.370. The zero-order valence-corrected chi connectivity index (χ0v) is 20.0. The molecule has 0 bridgehead atoms. The zero-order chi connectivity index (χ0) is 25.2. The lowest BCUT2D eigenvalue weighted by Gasteiger charge is -2.21. The summed E-state index contributed by atoms with van der Waals surface area (Å²) in [6.07, 6.45) is 5.66. The highest BCUT2D eigenvalue weighted by Gasteiger charge is 2.47. The SMILES string of the molecule is CCCCCCC[C@@]1(C)NC(=O)N(CC(=O)Nc2ccc3c(c2)C(=O)c2ccccc2C3=O)C1=O. The summed E-state index contributed by atoms with van der Waals surface area (Å²) < 4.78 is 0. The van der Waals surface area contributed by atoms with Crippen molar-refractivity contribution >= 4 is 35.1 Å². The van der Waals surface area contributed by atoms with E-state index in [4.69, 9.17) is 0 Å². The standard InChI is InChI=1S/C27H29N3O5/c1-3-4-5-6-9-14-27(2)25(34)30(26(35)29-27)16-22(31)28-17-12-13-20-21(15-17)24(33)19-11-8-7-10-18(19)23(20)32/h7-8,10-13,15H,3-6,9,14,16H2,1-2H3,(H,28,31)(H,29,35)/t27-/m1/s1. The number of carbonyl (C=O) groups excluding carboxylic acids is 5. The van der Waals surface area contributed by atoms with Crippen molar-refractivity contribution in [2.75, 3.05) is 11.9 Å². The number of anilines is 1. The highest BCUT2D eigenvalue weighted by molar-refractivity contribution is 6.28. The maximum absolute atomic E-state index is 12.9. The minimum atomic E-state index is -1.02. The molecule has 8 heteroatoms. The third-order valence-electron chi connectivity index (χ3n) is 6.64. The van der Waals surface area contributed by atoms with Gasteiger partial charge < -0.3 is 10.6 Å². The largest absolute Gasteiger partial charge is 0.325 e. The van der Waals surface area contributed by atoms with E-state index < -0.39 is 29.9 Å². The van der Waals surface area contributed by atoms with Gasteiger partial charge in [-0.1, -0.05) is 63.3 Å². The highest BCUT2D eigenvalue weighted by atomic mass is 16.2. The maximum Gasteiger partial charge on any atom is 0.325 e. The van der Waals surface area contributed by atoms with Crippen LogP contribution in [0.5, 0.6) is 0 Å². The Morgan fingerprint density at radius 3 is 2.20 bits per heavy atom. The molecule has 8 nitrogen and oxygen atoms in total. The van der Waals surface area contributed by atoms with E-state index in [9.17, 15) is 24.0 Å². The molecule has 1 aliphatic heterocycles. The van der Waals surface area contributed by atoms with Crippen LogP contribution < -0.4 is 10.6 Å². The van der Waals surface area contributed by atoms with Gasteiger partial charge in [0.05, 0.1) is 0 Å². The zero-order valence-electron chi connectivity index (χ0n) is 20.0. The van der Waals surface area contributed by atoms with Crippen LogP contribution in [0.25, 0.3) is 0 Å². The Morgan fingerprint density at radius 1 is 0.886 bits per heavy atom. The van der Waals surface area contributed by atoms with Crippen molar-refractivity contribution in [1.29, 1.82) is 0 Å². The third kappa shape index (κ3) is 4.73. The number of amides is 4. The second kappa shape index (κ2) is 9.82. The predicted octanol–water partition coefficient (Wildman–Crippen LogP) is 4.07. The normalized spacial score (nSPS) is 18.9. The molecule has 0 spiro atoms. The van der Waals surface area contributed by atoms with Gasteiger partial charge in [0.2, 0.25) is 5.91 Å². The Kier molecular flexibility index (Phi) is 6.82. The van der Waals surface area contributed by atoms with Crippen molar-refractivity contribution in [3.8, 4) is 0 Å². The molecule has 1 atom stereocenters. The Morgan fingerprint density at radius 2 is 1.51 bits per heavy atom. The lowest BCUT2D eigenvalue weighted by Crippen LogP contribution is -2.44. The number of benzene rings is 2. The number of rotatable bonds is 9. The van der Waals surface area contributed by atoms with Crippen LogP contribution in [0.3, 0.4) is 0 Å². The fourth-order valence-corrected chi connectivity index (χ4v) is 4.66. The quantitative estimate of drug-likeness (QED) is 0.358. The van der Waals surface area contributed by atoms with Crippen molar-refractivity contribution in [3.05, 3.63) is 64.7 Å². The van der Waals surface area contributed by atoms with Crippen LogP contribution in [0, 0.1) is 0 Å². The summed E-state index contributed by atoms with van der Waals surface area (Å²) in [5.74, 6) is -1.54. The van der Waals surface area contributed by atoms with Crippen LogP contribution in [-0.2, 0) is 9.59 Å². The Hall–Kier alpha value is -3.81. The van der Waals surface area contributed by atoms with E-state index in [1.54, 1.807) is 31.2 Å². The predicted molar refractivity (Wildman–Crippen MR) is 130 cm³/mol. The van der Waals surface area contributed by atoms with Crippen LogP contribution in [0.15, 0.2) is 42.5 Å². The van der Waals surface area contributed by atoms with Gasteiger partial charge in [-0.15, -0.1) is 0 Å². The summed E-state index contributed by atoms with van der Waals surface area (Å²) in [6.45, 7) is 3.38. The first kappa shape index (κ1) is 24.3. The molecule has 4 amide bonds. The molecule has 2 N–H and O–H groups in total. The number of urea groups is 1. The van der Waals surface area contributed by atoms with Crippen molar-refractivity contribution in [2.45, 2.75) is 57.9 Å². The minimum Gasteiger partial charge on any atom is -0.325 e. The lowest BCUT2D eigenvalue weighted by molar-refractivity contribution is -0.133. The summed E-state index contributed by atoms with van der Waals surface area (Å²) in [5, 5.41) is 5.36. The molecule has 1 aliphatic carbocycles. The van der Waals surface area contributed by atoms with Crippen molar-refractivity contribution in [3.63, 3.8) is 0 Å². The average molecular weight is 476 g/mol. The van der Waals surface area contributed by atoms with E-state index >= 15 is 0 Å². The van der Waals surface area contributed by atoms with E-state index in [0.29, 0.717) is 23.2 Å². The van der Waals surface area contributed by atoms with E-state index in [-0.39, 0.29) is 22.7 Å². The number of imide groups is 1. The highest BCUT2D eigenvalue weighted by Crippen LogP contribution is 2.29. The molecule has 4 rings (SSSR count). The number of unbranched alkanes of at least 4 members (excludes halogenated alkanes) is 4. The first-order valence-corrected chi connectivity index (χ1v) is 12.0. The van der Waals surface area contributed by atoms with Crippen molar-refractivity contribution < 1.29 is 24.0 Å². The summed E-state index contributed by atoms with van der Waals surface area (Å²) >= 11 is 0. The van der Waals surface area contributed by atoms with Gasteiger partial charge in [0.25, 0.3) is 5.91 Å². The molecule has 0 unspecified atom stereocenters. The molecule has 0 aromatic heterocycles. The van der Waals surface area contributed by atoms with E-state index in [0.717, 1.165) is 37.0 Å². The summed E-state index contributed by atoms with van der Waals surface area (Å²) in [7, 11) is 0. The topological polar surface area (TPSA) is 113 Å². The van der Waals surface area contributed by atoms with Gasteiger partial charge >= 0.3 is 6.03 Å². The molecular weight excluding hydrogens is 446 g/mol. The molecule has 2 aromatic rings. The number of nitrogens with one attached hydrogen (secondary N) is 2. The molecule has 1 fully saturated rings. The monoisotopic (exact) mass is 475 g/mol. The van der Waals surface area contributed by atoms with Gasteiger partial charge in [-0.3, -0.25) is 24.1 Å². The number of carbonyl (C=O) groups is 5. The van der Waals surface area contributed by atoms with Gasteiger partial charge in [0, 0.05) is 27.9 Å². The number of hydrogen-bond acceptors (Lipinski definition) is 5. The van der Waals surface area contributed by atoms with Crippen LogP contribution in [0.1, 0.15) is 84.2 Å². The van der Waals surface area contributed by atoms with Gasteiger partial charge in [0.15, 0.2) is 11.6 Å². The molecule has 182 valence electrons. The van der Waals surface area contributed by atoms with Crippen LogP contribution in [-0.4, -0.2) is 46.4 Å². The molecule has 1 saturated heterocycles. The first-order chi connectivity index (χ1) is 16.7. The summed E-state index contributed by atoms with van der Waals surface area (Å²) in [6, 6.07) is 10.5. The van der Waals surface area contributed by atoms with Gasteiger partial charge in [-0.05, 0) is 31.5 Å². The maximum atomic E-state index is 12.9.